The van der Waals surface area contributed by atoms with Crippen LogP contribution in [0.25, 0.3) is 0 Å². The van der Waals surface area contributed by atoms with E-state index in [4.69, 9.17) is 5.11 Å². The summed E-state index contributed by atoms with van der Waals surface area (Å²) in [6.45, 7) is 1.24. The molecule has 0 heterocycles. The number of rotatable bonds is 2. The Hall–Kier alpha value is -0.900. The predicted molar refractivity (Wildman–Crippen MR) is 26.5 cm³/mol. The Morgan fingerprint density at radius 3 is 1.88 bits per heavy atom. The van der Waals surface area contributed by atoms with E-state index in [1.807, 2.05) is 0 Å². The molecule has 0 aromatic heterocycles. The molecule has 0 saturated carbocycles. The van der Waals surface area contributed by atoms with Crippen LogP contribution in [0.4, 0.5) is 0 Å². The fourth-order valence-electron chi connectivity index (χ4n) is 0.213. The first-order valence-corrected chi connectivity index (χ1v) is 1.84. The monoisotopic (exact) mass is 120 g/mol. The van der Waals surface area contributed by atoms with Crippen LogP contribution >= 0.6 is 0 Å². The number of Topliss-reactive ketones (excluding diaryl/α,β-unsaturated/α-hetero) is 1. The highest BCUT2D eigenvalue weighted by Gasteiger charge is 1.98. The second-order valence-electron chi connectivity index (χ2n) is 1.27. The van der Waals surface area contributed by atoms with Gasteiger partial charge in [0.25, 0.3) is 0 Å². The van der Waals surface area contributed by atoms with Crippen LogP contribution in [0.15, 0.2) is 0 Å². The maximum absolute atomic E-state index is 9.87. The molecule has 0 fully saturated rings. The van der Waals surface area contributed by atoms with Gasteiger partial charge in [-0.05, 0) is 6.92 Å². The van der Waals surface area contributed by atoms with Crippen molar-refractivity contribution in [3.05, 3.63) is 0 Å². The van der Waals surface area contributed by atoms with Crippen molar-refractivity contribution < 1.29 is 20.2 Å². The van der Waals surface area contributed by atoms with Crippen LogP contribution in [0.5, 0.6) is 0 Å². The van der Waals surface area contributed by atoms with E-state index in [-0.39, 0.29) is 17.7 Å². The van der Waals surface area contributed by atoms with E-state index < -0.39 is 5.97 Å². The molecule has 0 atom stereocenters. The van der Waals surface area contributed by atoms with Gasteiger partial charge < -0.3 is 10.6 Å². The molecule has 48 valence electrons. The number of carboxylic acids is 1. The van der Waals surface area contributed by atoms with Crippen molar-refractivity contribution in [3.8, 4) is 0 Å². The molecule has 0 rings (SSSR count). The third kappa shape index (κ3) is 8.92. The van der Waals surface area contributed by atoms with Crippen LogP contribution in [-0.2, 0) is 9.59 Å². The van der Waals surface area contributed by atoms with Crippen LogP contribution in [0.3, 0.4) is 0 Å². The molecule has 0 aliphatic heterocycles. The minimum absolute atomic E-state index is 0. The van der Waals surface area contributed by atoms with E-state index >= 15 is 0 Å². The lowest BCUT2D eigenvalue weighted by atomic mass is 10.3. The van der Waals surface area contributed by atoms with Crippen molar-refractivity contribution in [2.75, 3.05) is 0 Å². The fourth-order valence-corrected chi connectivity index (χ4v) is 0.213. The number of carbonyl (C=O) groups excluding carboxylic acids is 1. The number of carbonyl (C=O) groups is 2. The highest BCUT2D eigenvalue weighted by molar-refractivity contribution is 5.93. The molecular formula is C4H8O4. The van der Waals surface area contributed by atoms with Gasteiger partial charge in [-0.25, -0.2) is 0 Å². The Balaban J connectivity index is 0. The highest BCUT2D eigenvalue weighted by atomic mass is 16.4. The van der Waals surface area contributed by atoms with E-state index in [2.05, 4.69) is 0 Å². The van der Waals surface area contributed by atoms with Gasteiger partial charge in [0, 0.05) is 0 Å². The Labute approximate surface area is 46.4 Å². The van der Waals surface area contributed by atoms with Gasteiger partial charge in [-0.2, -0.15) is 0 Å². The maximum atomic E-state index is 9.87. The molecule has 0 radical (unpaired) electrons. The molecule has 4 heteroatoms. The van der Waals surface area contributed by atoms with Gasteiger partial charge in [0.2, 0.25) is 0 Å². The van der Waals surface area contributed by atoms with E-state index in [1.165, 1.54) is 6.92 Å². The molecule has 0 aromatic carbocycles. The summed E-state index contributed by atoms with van der Waals surface area (Å²) >= 11 is 0. The number of aliphatic carboxylic acids is 1. The summed E-state index contributed by atoms with van der Waals surface area (Å²) in [4.78, 5) is 19.5. The summed E-state index contributed by atoms with van der Waals surface area (Å²) in [5.74, 6) is -1.37. The van der Waals surface area contributed by atoms with Crippen molar-refractivity contribution in [1.82, 2.24) is 0 Å². The Morgan fingerprint density at radius 1 is 1.50 bits per heavy atom. The summed E-state index contributed by atoms with van der Waals surface area (Å²) < 4.78 is 0. The van der Waals surface area contributed by atoms with E-state index in [0.29, 0.717) is 0 Å². The molecule has 3 N–H and O–H groups in total. The Morgan fingerprint density at radius 2 is 1.88 bits per heavy atom. The fraction of sp³-hybridized carbons (Fsp3) is 0.500. The van der Waals surface area contributed by atoms with E-state index in [0.717, 1.165) is 0 Å². The first kappa shape index (κ1) is 10.2. The maximum Gasteiger partial charge on any atom is 0.310 e. The van der Waals surface area contributed by atoms with Crippen molar-refractivity contribution >= 4 is 11.8 Å². The number of hydrogen-bond acceptors (Lipinski definition) is 2. The van der Waals surface area contributed by atoms with Gasteiger partial charge in [-0.1, -0.05) is 0 Å². The summed E-state index contributed by atoms with van der Waals surface area (Å²) in [5, 5.41) is 7.86. The minimum Gasteiger partial charge on any atom is -0.481 e. The molecule has 4 nitrogen and oxygen atoms in total. The molecule has 0 unspecified atom stereocenters. The van der Waals surface area contributed by atoms with Gasteiger partial charge in [0.15, 0.2) is 0 Å². The lowest BCUT2D eigenvalue weighted by Crippen LogP contribution is -2.00. The SMILES string of the molecule is CC(=O)CC(=O)O.O. The second-order valence-corrected chi connectivity index (χ2v) is 1.27. The van der Waals surface area contributed by atoms with Crippen LogP contribution in [0.2, 0.25) is 0 Å². The zero-order valence-electron chi connectivity index (χ0n) is 4.47. The molecule has 0 saturated heterocycles. The van der Waals surface area contributed by atoms with Crippen molar-refractivity contribution in [2.45, 2.75) is 13.3 Å². The minimum atomic E-state index is -1.06. The summed E-state index contributed by atoms with van der Waals surface area (Å²) in [7, 11) is 0. The van der Waals surface area contributed by atoms with Crippen LogP contribution in [0.1, 0.15) is 13.3 Å². The van der Waals surface area contributed by atoms with Crippen molar-refractivity contribution in [2.24, 2.45) is 0 Å². The number of ketones is 1. The van der Waals surface area contributed by atoms with Crippen molar-refractivity contribution in [3.63, 3.8) is 0 Å². The zero-order valence-corrected chi connectivity index (χ0v) is 4.47. The third-order valence-electron chi connectivity index (χ3n) is 0.400. The van der Waals surface area contributed by atoms with E-state index in [9.17, 15) is 9.59 Å². The van der Waals surface area contributed by atoms with Crippen molar-refractivity contribution in [1.29, 1.82) is 0 Å². The van der Waals surface area contributed by atoms with Crippen LogP contribution in [-0.4, -0.2) is 22.3 Å². The van der Waals surface area contributed by atoms with Crippen LogP contribution in [0, 0.1) is 0 Å². The molecule has 8 heavy (non-hydrogen) atoms. The van der Waals surface area contributed by atoms with Crippen LogP contribution < -0.4 is 0 Å². The largest absolute Gasteiger partial charge is 0.481 e. The van der Waals surface area contributed by atoms with Gasteiger partial charge in [-0.3, -0.25) is 9.59 Å². The molecule has 0 aromatic rings. The summed E-state index contributed by atoms with van der Waals surface area (Å²) in [6, 6.07) is 0. The first-order valence-electron chi connectivity index (χ1n) is 1.84. The Bertz CT molecular complexity index is 84.2. The average molecular weight is 120 g/mol. The molecule has 0 spiro atoms. The predicted octanol–water partition coefficient (Wildman–Crippen LogP) is -0.775. The van der Waals surface area contributed by atoms with Gasteiger partial charge in [-0.15, -0.1) is 0 Å². The number of carboxylic acid groups (broad SMARTS) is 1. The standard InChI is InChI=1S/C4H6O3.H2O/c1-3(5)2-4(6)7;/h2H2,1H3,(H,6,7);1H2. The van der Waals surface area contributed by atoms with Gasteiger partial charge >= 0.3 is 5.97 Å². The summed E-state index contributed by atoms with van der Waals surface area (Å²) in [6.07, 6.45) is -0.361. The quantitative estimate of drug-likeness (QED) is 0.485. The normalized spacial score (nSPS) is 7.12. The summed E-state index contributed by atoms with van der Waals surface area (Å²) in [5.41, 5.74) is 0. The molecule has 0 aliphatic rings. The lowest BCUT2D eigenvalue weighted by molar-refractivity contribution is -0.139. The molecule has 0 amide bonds. The Kier molecular flexibility index (Phi) is 5.41. The molecule has 0 bridgehead atoms. The highest BCUT2D eigenvalue weighted by Crippen LogP contribution is 1.77. The molecular weight excluding hydrogens is 112 g/mol. The lowest BCUT2D eigenvalue weighted by Gasteiger charge is -1.80. The smallest absolute Gasteiger partial charge is 0.310 e. The molecule has 0 aliphatic carbocycles. The zero-order chi connectivity index (χ0) is 5.86. The topological polar surface area (TPSA) is 85.9 Å². The first-order chi connectivity index (χ1) is 3.13. The third-order valence-corrected chi connectivity index (χ3v) is 0.400. The van der Waals surface area contributed by atoms with Gasteiger partial charge in [0.1, 0.15) is 12.2 Å². The van der Waals surface area contributed by atoms with E-state index in [1.54, 1.807) is 0 Å². The average Bonchev–Trinajstić information content (AvgIpc) is 1.27. The number of hydrogen-bond donors (Lipinski definition) is 1. The van der Waals surface area contributed by atoms with Gasteiger partial charge in [0.05, 0.1) is 0 Å². The second kappa shape index (κ2) is 4.26.